The Balaban J connectivity index is 1.61. The number of carbonyl (C=O) groups is 1. The number of halogens is 2. The highest BCUT2D eigenvalue weighted by Crippen LogP contribution is 2.24. The van der Waals surface area contributed by atoms with Gasteiger partial charge in [-0.2, -0.15) is 5.10 Å². The molecule has 3 aromatic carbocycles. The van der Waals surface area contributed by atoms with Crippen molar-refractivity contribution in [2.24, 2.45) is 5.10 Å². The molecule has 0 atom stereocenters. The molecule has 1 amide bonds. The van der Waals surface area contributed by atoms with E-state index in [-0.39, 0.29) is 5.91 Å². The highest BCUT2D eigenvalue weighted by atomic mass is 35.5. The molecule has 0 unspecified atom stereocenters. The summed E-state index contributed by atoms with van der Waals surface area (Å²) < 4.78 is 11.2. The minimum atomic E-state index is -0.316. The summed E-state index contributed by atoms with van der Waals surface area (Å²) in [6, 6.07) is 19.6. The van der Waals surface area contributed by atoms with E-state index in [4.69, 9.17) is 32.7 Å². The van der Waals surface area contributed by atoms with E-state index in [1.807, 2.05) is 37.3 Å². The Hall–Kier alpha value is -3.02. The van der Waals surface area contributed by atoms with Crippen LogP contribution in [0.2, 0.25) is 10.0 Å². The summed E-state index contributed by atoms with van der Waals surface area (Å²) in [6.07, 6.45) is 1.54. The number of amides is 1. The van der Waals surface area contributed by atoms with Crippen LogP contribution in [0.4, 0.5) is 0 Å². The maximum absolute atomic E-state index is 12.2. The van der Waals surface area contributed by atoms with E-state index in [0.29, 0.717) is 40.3 Å². The first kappa shape index (κ1) is 21.7. The van der Waals surface area contributed by atoms with Gasteiger partial charge in [0.25, 0.3) is 5.91 Å². The average molecular weight is 443 g/mol. The fourth-order valence-corrected chi connectivity index (χ4v) is 2.92. The highest BCUT2D eigenvalue weighted by Gasteiger charge is 2.06. The Bertz CT molecular complexity index is 1040. The van der Waals surface area contributed by atoms with E-state index >= 15 is 0 Å². The molecule has 0 spiro atoms. The minimum absolute atomic E-state index is 0.316. The van der Waals surface area contributed by atoms with Gasteiger partial charge in [-0.3, -0.25) is 4.79 Å². The van der Waals surface area contributed by atoms with E-state index in [0.717, 1.165) is 11.1 Å². The number of hydrogen-bond acceptors (Lipinski definition) is 4. The molecule has 3 rings (SSSR count). The van der Waals surface area contributed by atoms with Crippen LogP contribution in [0.3, 0.4) is 0 Å². The lowest BCUT2D eigenvalue weighted by Crippen LogP contribution is -2.17. The summed E-state index contributed by atoms with van der Waals surface area (Å²) in [4.78, 5) is 12.2. The predicted molar refractivity (Wildman–Crippen MR) is 120 cm³/mol. The number of hydrogen-bond donors (Lipinski definition) is 1. The van der Waals surface area contributed by atoms with Gasteiger partial charge in [0.1, 0.15) is 18.1 Å². The van der Waals surface area contributed by atoms with Gasteiger partial charge in [-0.1, -0.05) is 41.4 Å². The van der Waals surface area contributed by atoms with Gasteiger partial charge in [-0.15, -0.1) is 0 Å². The predicted octanol–water partition coefficient (Wildman–Crippen LogP) is 5.74. The van der Waals surface area contributed by atoms with Crippen LogP contribution in [-0.2, 0) is 6.61 Å². The molecule has 30 heavy (non-hydrogen) atoms. The molecule has 0 bridgehead atoms. The van der Waals surface area contributed by atoms with Gasteiger partial charge in [-0.05, 0) is 61.0 Å². The molecule has 0 heterocycles. The van der Waals surface area contributed by atoms with E-state index < -0.39 is 0 Å². The lowest BCUT2D eigenvalue weighted by Gasteiger charge is -2.09. The molecule has 0 radical (unpaired) electrons. The zero-order chi connectivity index (χ0) is 21.3. The van der Waals surface area contributed by atoms with E-state index in [2.05, 4.69) is 10.5 Å². The molecule has 1 N–H and O–H groups in total. The monoisotopic (exact) mass is 442 g/mol. The van der Waals surface area contributed by atoms with Gasteiger partial charge in [-0.25, -0.2) is 5.43 Å². The number of nitrogens with one attached hydrogen (secondary N) is 1. The molecular formula is C23H20Cl2N2O3. The number of benzene rings is 3. The summed E-state index contributed by atoms with van der Waals surface area (Å²) in [5.41, 5.74) is 4.62. The van der Waals surface area contributed by atoms with Crippen LogP contribution in [0.25, 0.3) is 0 Å². The van der Waals surface area contributed by atoms with Crippen molar-refractivity contribution in [1.82, 2.24) is 5.43 Å². The fourth-order valence-electron chi connectivity index (χ4n) is 2.60. The first-order valence-electron chi connectivity index (χ1n) is 9.29. The van der Waals surface area contributed by atoms with Crippen molar-refractivity contribution in [3.8, 4) is 11.5 Å². The number of nitrogens with zero attached hydrogens (tertiary/aromatic N) is 1. The van der Waals surface area contributed by atoms with Crippen molar-refractivity contribution in [1.29, 1.82) is 0 Å². The molecule has 0 saturated carbocycles. The lowest BCUT2D eigenvalue weighted by molar-refractivity contribution is 0.0955. The zero-order valence-electron chi connectivity index (χ0n) is 16.3. The smallest absolute Gasteiger partial charge is 0.271 e. The van der Waals surface area contributed by atoms with E-state index in [9.17, 15) is 4.79 Å². The summed E-state index contributed by atoms with van der Waals surface area (Å²) >= 11 is 12.0. The van der Waals surface area contributed by atoms with Crippen LogP contribution in [-0.4, -0.2) is 18.7 Å². The first-order chi connectivity index (χ1) is 14.6. The van der Waals surface area contributed by atoms with Crippen molar-refractivity contribution < 1.29 is 14.3 Å². The van der Waals surface area contributed by atoms with Crippen LogP contribution < -0.4 is 14.9 Å². The summed E-state index contributed by atoms with van der Waals surface area (Å²) in [5, 5.41) is 5.02. The third-order valence-corrected chi connectivity index (χ3v) is 4.83. The van der Waals surface area contributed by atoms with Gasteiger partial charge < -0.3 is 9.47 Å². The second kappa shape index (κ2) is 10.7. The lowest BCUT2D eigenvalue weighted by atomic mass is 10.2. The van der Waals surface area contributed by atoms with Crippen molar-refractivity contribution in [3.63, 3.8) is 0 Å². The van der Waals surface area contributed by atoms with Gasteiger partial charge in [0, 0.05) is 11.1 Å². The number of carbonyl (C=O) groups excluding carboxylic acids is 1. The third-order valence-electron chi connectivity index (χ3n) is 4.09. The number of para-hydroxylation sites is 1. The molecular weight excluding hydrogens is 423 g/mol. The quantitative estimate of drug-likeness (QED) is 0.357. The zero-order valence-corrected chi connectivity index (χ0v) is 17.8. The molecule has 0 fully saturated rings. The van der Waals surface area contributed by atoms with Gasteiger partial charge in [0.2, 0.25) is 0 Å². The van der Waals surface area contributed by atoms with Crippen LogP contribution in [0.1, 0.15) is 28.4 Å². The van der Waals surface area contributed by atoms with Crippen LogP contribution in [0, 0.1) is 0 Å². The SMILES string of the molecule is CCOc1ccc(C(=O)N/N=C\c2ccccc2OCc2ccc(Cl)c(Cl)c2)cc1. The van der Waals surface area contributed by atoms with Crippen molar-refractivity contribution in [2.75, 3.05) is 6.61 Å². The maximum Gasteiger partial charge on any atom is 0.271 e. The fraction of sp³-hybridized carbons (Fsp3) is 0.130. The topological polar surface area (TPSA) is 59.9 Å². The van der Waals surface area contributed by atoms with Crippen LogP contribution in [0.5, 0.6) is 11.5 Å². The Kier molecular flexibility index (Phi) is 7.71. The Morgan fingerprint density at radius 1 is 1.00 bits per heavy atom. The molecule has 154 valence electrons. The molecule has 0 saturated heterocycles. The van der Waals surface area contributed by atoms with Crippen molar-refractivity contribution in [3.05, 3.63) is 93.5 Å². The van der Waals surface area contributed by atoms with E-state index in [1.54, 1.807) is 36.4 Å². The molecule has 0 aliphatic rings. The van der Waals surface area contributed by atoms with Gasteiger partial charge >= 0.3 is 0 Å². The molecule has 0 aromatic heterocycles. The van der Waals surface area contributed by atoms with Crippen LogP contribution >= 0.6 is 23.2 Å². The summed E-state index contributed by atoms with van der Waals surface area (Å²) in [7, 11) is 0. The summed E-state index contributed by atoms with van der Waals surface area (Å²) in [6.45, 7) is 2.80. The second-order valence-electron chi connectivity index (χ2n) is 6.23. The van der Waals surface area contributed by atoms with Gasteiger partial charge in [0.05, 0.1) is 22.9 Å². The Morgan fingerprint density at radius 3 is 2.50 bits per heavy atom. The number of ether oxygens (including phenoxy) is 2. The molecule has 7 heteroatoms. The number of hydrazone groups is 1. The standard InChI is InChI=1S/C23H20Cl2N2O3/c1-2-29-19-10-8-17(9-11-19)23(28)27-26-14-18-5-3-4-6-22(18)30-15-16-7-12-20(24)21(25)13-16/h3-14H,2,15H2,1H3,(H,27,28)/b26-14-. The Morgan fingerprint density at radius 2 is 1.77 bits per heavy atom. The maximum atomic E-state index is 12.2. The second-order valence-corrected chi connectivity index (χ2v) is 7.05. The normalized spacial score (nSPS) is 10.8. The first-order valence-corrected chi connectivity index (χ1v) is 10.0. The molecule has 0 aliphatic carbocycles. The minimum Gasteiger partial charge on any atom is -0.494 e. The molecule has 0 aliphatic heterocycles. The number of rotatable bonds is 8. The van der Waals surface area contributed by atoms with Gasteiger partial charge in [0.15, 0.2) is 0 Å². The highest BCUT2D eigenvalue weighted by molar-refractivity contribution is 6.42. The van der Waals surface area contributed by atoms with E-state index in [1.165, 1.54) is 6.21 Å². The molecule has 5 nitrogen and oxygen atoms in total. The average Bonchev–Trinajstić information content (AvgIpc) is 2.76. The van der Waals surface area contributed by atoms with Crippen molar-refractivity contribution >= 4 is 35.3 Å². The van der Waals surface area contributed by atoms with Crippen LogP contribution in [0.15, 0.2) is 71.8 Å². The largest absolute Gasteiger partial charge is 0.494 e. The van der Waals surface area contributed by atoms with Crippen molar-refractivity contribution in [2.45, 2.75) is 13.5 Å². The molecule has 3 aromatic rings. The third kappa shape index (κ3) is 5.99. The summed E-state index contributed by atoms with van der Waals surface area (Å²) in [5.74, 6) is 1.02. The Labute approximate surface area is 185 Å².